The van der Waals surface area contributed by atoms with Crippen LogP contribution in [0.25, 0.3) is 22.3 Å². The molecule has 0 saturated carbocycles. The zero-order valence-electron chi connectivity index (χ0n) is 17.5. The topological polar surface area (TPSA) is 81.6 Å². The van der Waals surface area contributed by atoms with Gasteiger partial charge in [-0.15, -0.1) is 10.2 Å². The van der Waals surface area contributed by atoms with Gasteiger partial charge in [0.2, 0.25) is 5.82 Å². The SMILES string of the molecule is Cc1cc(C(F)(F)F)cc(O)c1-c1ccc2cn([C@@H]3CCc4nnc(C(F)(F)F)n4C3)nc2n1. The normalized spacial score (nSPS) is 16.7. The maximum atomic E-state index is 13.2. The van der Waals surface area contributed by atoms with Gasteiger partial charge in [0.1, 0.15) is 11.6 Å². The van der Waals surface area contributed by atoms with E-state index in [-0.39, 0.29) is 34.8 Å². The Balaban J connectivity index is 1.49. The summed E-state index contributed by atoms with van der Waals surface area (Å²) in [5, 5.41) is 22.2. The van der Waals surface area contributed by atoms with Crippen LogP contribution in [0.15, 0.2) is 30.5 Å². The first-order chi connectivity index (χ1) is 15.9. The molecule has 1 N–H and O–H groups in total. The van der Waals surface area contributed by atoms with Crippen LogP contribution in [-0.4, -0.2) is 34.6 Å². The van der Waals surface area contributed by atoms with Crippen molar-refractivity contribution in [3.8, 4) is 17.0 Å². The Morgan fingerprint density at radius 3 is 2.47 bits per heavy atom. The predicted octanol–water partition coefficient (Wildman–Crippen LogP) is 4.93. The first kappa shape index (κ1) is 22.2. The number of aryl methyl sites for hydroxylation is 2. The van der Waals surface area contributed by atoms with Crippen LogP contribution in [0.2, 0.25) is 0 Å². The van der Waals surface area contributed by atoms with Gasteiger partial charge in [-0.05, 0) is 43.2 Å². The standard InChI is InChI=1S/C21H16F6N6O/c1-10-6-12(20(22,23)24)7-15(34)17(10)14-4-2-11-8-33(31-18(11)28-14)13-3-5-16-29-30-19(21(25,26)27)32(16)9-13/h2,4,6-8,13,34H,3,5,9H2,1H3/t13-/m1/s1. The molecule has 0 spiro atoms. The highest BCUT2D eigenvalue weighted by Crippen LogP contribution is 2.39. The van der Waals surface area contributed by atoms with Crippen molar-refractivity contribution in [2.75, 3.05) is 0 Å². The van der Waals surface area contributed by atoms with E-state index in [4.69, 9.17) is 0 Å². The van der Waals surface area contributed by atoms with Gasteiger partial charge in [-0.1, -0.05) is 0 Å². The molecular weight excluding hydrogens is 466 g/mol. The Morgan fingerprint density at radius 1 is 1.03 bits per heavy atom. The van der Waals surface area contributed by atoms with Crippen LogP contribution in [-0.2, 0) is 25.3 Å². The fraction of sp³-hybridized carbons (Fsp3) is 0.333. The van der Waals surface area contributed by atoms with Crippen LogP contribution in [0.3, 0.4) is 0 Å². The van der Waals surface area contributed by atoms with Crippen LogP contribution < -0.4 is 0 Å². The Kier molecular flexibility index (Phi) is 4.85. The lowest BCUT2D eigenvalue weighted by molar-refractivity contribution is -0.148. The smallest absolute Gasteiger partial charge is 0.451 e. The molecule has 0 radical (unpaired) electrons. The van der Waals surface area contributed by atoms with E-state index in [1.165, 1.54) is 11.6 Å². The number of aromatic nitrogens is 6. The number of rotatable bonds is 2. The van der Waals surface area contributed by atoms with Crippen LogP contribution in [0.1, 0.15) is 35.2 Å². The first-order valence-electron chi connectivity index (χ1n) is 10.2. The highest BCUT2D eigenvalue weighted by Gasteiger charge is 2.40. The summed E-state index contributed by atoms with van der Waals surface area (Å²) in [5.74, 6) is -1.36. The molecule has 1 aliphatic heterocycles. The lowest BCUT2D eigenvalue weighted by Crippen LogP contribution is -2.27. The van der Waals surface area contributed by atoms with Gasteiger partial charge in [0.15, 0.2) is 5.65 Å². The largest absolute Gasteiger partial charge is 0.507 e. The van der Waals surface area contributed by atoms with Crippen molar-refractivity contribution in [1.82, 2.24) is 29.5 Å². The molecule has 0 unspecified atom stereocenters. The van der Waals surface area contributed by atoms with Gasteiger partial charge in [0.25, 0.3) is 0 Å². The van der Waals surface area contributed by atoms with E-state index in [1.807, 2.05) is 0 Å². The number of pyridine rings is 1. The van der Waals surface area contributed by atoms with Crippen molar-refractivity contribution in [1.29, 1.82) is 0 Å². The van der Waals surface area contributed by atoms with E-state index in [2.05, 4.69) is 20.3 Å². The number of phenols is 1. The summed E-state index contributed by atoms with van der Waals surface area (Å²) in [6, 6.07) is 4.36. The van der Waals surface area contributed by atoms with Crippen molar-refractivity contribution >= 4 is 11.0 Å². The van der Waals surface area contributed by atoms with Gasteiger partial charge < -0.3 is 9.67 Å². The number of hydrogen-bond acceptors (Lipinski definition) is 5. The molecule has 13 heteroatoms. The second-order valence-electron chi connectivity index (χ2n) is 8.14. The van der Waals surface area contributed by atoms with Gasteiger partial charge >= 0.3 is 12.4 Å². The van der Waals surface area contributed by atoms with Gasteiger partial charge in [-0.2, -0.15) is 31.4 Å². The number of nitrogens with zero attached hydrogens (tertiary/aromatic N) is 6. The number of halogens is 6. The Hall–Kier alpha value is -3.64. The van der Waals surface area contributed by atoms with Crippen LogP contribution >= 0.6 is 0 Å². The third kappa shape index (κ3) is 3.74. The number of alkyl halides is 6. The van der Waals surface area contributed by atoms with E-state index in [9.17, 15) is 31.4 Å². The minimum Gasteiger partial charge on any atom is -0.507 e. The molecular formula is C21H16F6N6O. The van der Waals surface area contributed by atoms with Gasteiger partial charge in [0, 0.05) is 30.1 Å². The number of aromatic hydroxyl groups is 1. The van der Waals surface area contributed by atoms with E-state index in [0.29, 0.717) is 24.3 Å². The highest BCUT2D eigenvalue weighted by atomic mass is 19.4. The molecule has 1 aliphatic rings. The van der Waals surface area contributed by atoms with Gasteiger partial charge in [-0.3, -0.25) is 4.68 Å². The summed E-state index contributed by atoms with van der Waals surface area (Å²) in [4.78, 5) is 4.38. The van der Waals surface area contributed by atoms with Crippen molar-refractivity contribution in [2.24, 2.45) is 0 Å². The zero-order chi connectivity index (χ0) is 24.4. The van der Waals surface area contributed by atoms with E-state index in [1.54, 1.807) is 18.3 Å². The molecule has 3 aromatic heterocycles. The third-order valence-electron chi connectivity index (χ3n) is 5.83. The predicted molar refractivity (Wildman–Crippen MR) is 107 cm³/mol. The average molecular weight is 482 g/mol. The molecule has 4 heterocycles. The number of hydrogen-bond donors (Lipinski definition) is 1. The summed E-state index contributed by atoms with van der Waals surface area (Å²) >= 11 is 0. The van der Waals surface area contributed by atoms with E-state index in [0.717, 1.165) is 10.6 Å². The third-order valence-corrected chi connectivity index (χ3v) is 5.83. The Labute approximate surface area is 187 Å². The molecule has 0 aliphatic carbocycles. The Bertz CT molecular complexity index is 1380. The van der Waals surface area contributed by atoms with Crippen LogP contribution in [0.5, 0.6) is 5.75 Å². The maximum absolute atomic E-state index is 13.2. The second kappa shape index (κ2) is 7.43. The number of benzene rings is 1. The molecule has 1 atom stereocenters. The lowest BCUT2D eigenvalue weighted by Gasteiger charge is -2.24. The Morgan fingerprint density at radius 2 is 1.79 bits per heavy atom. The quantitative estimate of drug-likeness (QED) is 0.410. The average Bonchev–Trinajstić information content (AvgIpc) is 3.35. The van der Waals surface area contributed by atoms with Crippen molar-refractivity contribution in [3.05, 3.63) is 53.2 Å². The van der Waals surface area contributed by atoms with Gasteiger partial charge in [-0.25, -0.2) is 4.98 Å². The summed E-state index contributed by atoms with van der Waals surface area (Å²) < 4.78 is 81.3. The van der Waals surface area contributed by atoms with E-state index >= 15 is 0 Å². The summed E-state index contributed by atoms with van der Waals surface area (Å²) in [7, 11) is 0. The molecule has 0 saturated heterocycles. The maximum Gasteiger partial charge on any atom is 0.451 e. The number of fused-ring (bicyclic) bond motifs is 2. The van der Waals surface area contributed by atoms with E-state index < -0.39 is 35.5 Å². The molecule has 178 valence electrons. The molecule has 0 bridgehead atoms. The summed E-state index contributed by atoms with van der Waals surface area (Å²) in [5.41, 5.74) is -0.162. The minimum absolute atomic E-state index is 0.0170. The fourth-order valence-electron chi connectivity index (χ4n) is 4.25. The molecule has 0 amide bonds. The van der Waals surface area contributed by atoms with Crippen LogP contribution in [0.4, 0.5) is 26.3 Å². The minimum atomic E-state index is -4.63. The monoisotopic (exact) mass is 482 g/mol. The second-order valence-corrected chi connectivity index (χ2v) is 8.14. The molecule has 1 aromatic carbocycles. The van der Waals surface area contributed by atoms with Crippen molar-refractivity contribution in [3.63, 3.8) is 0 Å². The highest BCUT2D eigenvalue weighted by molar-refractivity contribution is 5.80. The molecule has 5 rings (SSSR count). The first-order valence-corrected chi connectivity index (χ1v) is 10.2. The molecule has 7 nitrogen and oxygen atoms in total. The lowest BCUT2D eigenvalue weighted by atomic mass is 10.00. The number of phenolic OH excluding ortho intramolecular Hbond substituents is 1. The summed E-state index contributed by atoms with van der Waals surface area (Å²) in [6.07, 6.45) is -6.79. The van der Waals surface area contributed by atoms with Crippen molar-refractivity contribution in [2.45, 2.75) is 44.7 Å². The molecule has 0 fully saturated rings. The fourth-order valence-corrected chi connectivity index (χ4v) is 4.25. The van der Waals surface area contributed by atoms with Crippen molar-refractivity contribution < 1.29 is 31.4 Å². The molecule has 4 aromatic rings. The summed E-state index contributed by atoms with van der Waals surface area (Å²) in [6.45, 7) is 1.42. The van der Waals surface area contributed by atoms with Gasteiger partial charge in [0.05, 0.1) is 17.3 Å². The zero-order valence-corrected chi connectivity index (χ0v) is 17.5. The van der Waals surface area contributed by atoms with Crippen LogP contribution in [0, 0.1) is 6.92 Å². The molecule has 34 heavy (non-hydrogen) atoms.